The van der Waals surface area contributed by atoms with Crippen molar-refractivity contribution in [2.75, 3.05) is 12.3 Å². The Hall–Kier alpha value is -2.30. The highest BCUT2D eigenvalue weighted by molar-refractivity contribution is 5.91. The van der Waals surface area contributed by atoms with E-state index >= 15 is 0 Å². The molecular weight excluding hydrogens is 268 g/mol. The second-order valence-electron chi connectivity index (χ2n) is 5.64. The molecule has 0 spiro atoms. The minimum atomic E-state index is -0.804. The number of rotatable bonds is 6. The molecule has 1 aromatic rings. The van der Waals surface area contributed by atoms with E-state index in [-0.39, 0.29) is 17.7 Å². The third kappa shape index (κ3) is 4.34. The van der Waals surface area contributed by atoms with Crippen molar-refractivity contribution < 1.29 is 14.7 Å². The van der Waals surface area contributed by atoms with Crippen LogP contribution in [0.2, 0.25) is 0 Å². The summed E-state index contributed by atoms with van der Waals surface area (Å²) in [6, 6.07) is 7.20. The van der Waals surface area contributed by atoms with Gasteiger partial charge in [-0.05, 0) is 42.0 Å². The number of aliphatic carboxylic acids is 1. The summed E-state index contributed by atoms with van der Waals surface area (Å²) in [7, 11) is 0. The molecule has 0 heterocycles. The van der Waals surface area contributed by atoms with Gasteiger partial charge in [0.2, 0.25) is 5.91 Å². The van der Waals surface area contributed by atoms with Crippen LogP contribution in [-0.4, -0.2) is 23.5 Å². The van der Waals surface area contributed by atoms with Crippen LogP contribution in [0.1, 0.15) is 31.2 Å². The predicted octanol–water partition coefficient (Wildman–Crippen LogP) is 2.04. The molecule has 0 unspecified atom stereocenters. The first kappa shape index (κ1) is 15.1. The number of carboxylic acids is 1. The van der Waals surface area contributed by atoms with E-state index < -0.39 is 5.97 Å². The minimum Gasteiger partial charge on any atom is -0.481 e. The van der Waals surface area contributed by atoms with Crippen LogP contribution < -0.4 is 11.1 Å². The van der Waals surface area contributed by atoms with Gasteiger partial charge in [-0.1, -0.05) is 18.6 Å². The van der Waals surface area contributed by atoms with Crippen molar-refractivity contribution >= 4 is 23.6 Å². The Kier molecular flexibility index (Phi) is 4.62. The molecule has 0 bridgehead atoms. The minimum absolute atomic E-state index is 0.120. The van der Waals surface area contributed by atoms with Crippen LogP contribution in [0.3, 0.4) is 0 Å². The molecule has 0 aliphatic heterocycles. The van der Waals surface area contributed by atoms with E-state index in [1.165, 1.54) is 6.08 Å². The molecule has 5 nitrogen and oxygen atoms in total. The van der Waals surface area contributed by atoms with Gasteiger partial charge in [0.15, 0.2) is 0 Å². The lowest BCUT2D eigenvalue weighted by Crippen LogP contribution is -2.43. The summed E-state index contributed by atoms with van der Waals surface area (Å²) in [5, 5.41) is 11.7. The summed E-state index contributed by atoms with van der Waals surface area (Å²) in [6.45, 7) is 0.421. The van der Waals surface area contributed by atoms with Gasteiger partial charge in [0.05, 0.1) is 6.42 Å². The Morgan fingerprint density at radius 2 is 1.95 bits per heavy atom. The zero-order valence-electron chi connectivity index (χ0n) is 11.8. The summed E-state index contributed by atoms with van der Waals surface area (Å²) in [5.74, 6) is -1.01. The quantitative estimate of drug-likeness (QED) is 0.551. The molecule has 0 radical (unpaired) electrons. The number of hydrogen-bond donors (Lipinski definition) is 3. The first-order chi connectivity index (χ1) is 9.99. The lowest BCUT2D eigenvalue weighted by atomic mass is 9.66. The van der Waals surface area contributed by atoms with E-state index in [9.17, 15) is 9.59 Å². The van der Waals surface area contributed by atoms with Gasteiger partial charge in [-0.25, -0.2) is 0 Å². The number of carbonyl (C=O) groups is 2. The third-order valence-electron chi connectivity index (χ3n) is 3.94. The van der Waals surface area contributed by atoms with Gasteiger partial charge >= 0.3 is 5.97 Å². The Morgan fingerprint density at radius 1 is 1.29 bits per heavy atom. The SMILES string of the molecule is Nc1ccc(/C=C/C(=O)NCC2(CC(=O)O)CCC2)cc1. The average molecular weight is 288 g/mol. The van der Waals surface area contributed by atoms with E-state index in [4.69, 9.17) is 10.8 Å². The topological polar surface area (TPSA) is 92.4 Å². The fourth-order valence-electron chi connectivity index (χ4n) is 2.53. The van der Waals surface area contributed by atoms with Crippen LogP contribution in [-0.2, 0) is 9.59 Å². The molecule has 2 rings (SSSR count). The molecule has 21 heavy (non-hydrogen) atoms. The summed E-state index contributed by atoms with van der Waals surface area (Å²) in [4.78, 5) is 22.6. The number of nitrogens with one attached hydrogen (secondary N) is 1. The smallest absolute Gasteiger partial charge is 0.303 e. The lowest BCUT2D eigenvalue weighted by molar-refractivity contribution is -0.141. The van der Waals surface area contributed by atoms with Crippen molar-refractivity contribution in [2.24, 2.45) is 5.41 Å². The second-order valence-corrected chi connectivity index (χ2v) is 5.64. The van der Waals surface area contributed by atoms with Crippen LogP contribution >= 0.6 is 0 Å². The zero-order chi connectivity index (χ0) is 15.3. The van der Waals surface area contributed by atoms with Crippen LogP contribution in [0.15, 0.2) is 30.3 Å². The van der Waals surface area contributed by atoms with Crippen molar-refractivity contribution in [1.29, 1.82) is 0 Å². The first-order valence-electron chi connectivity index (χ1n) is 7.02. The number of amides is 1. The van der Waals surface area contributed by atoms with Crippen LogP contribution in [0, 0.1) is 5.41 Å². The van der Waals surface area contributed by atoms with E-state index in [0.717, 1.165) is 24.8 Å². The number of nitrogen functional groups attached to an aromatic ring is 1. The van der Waals surface area contributed by atoms with E-state index in [0.29, 0.717) is 12.2 Å². The highest BCUT2D eigenvalue weighted by Crippen LogP contribution is 2.43. The fraction of sp³-hybridized carbons (Fsp3) is 0.375. The van der Waals surface area contributed by atoms with Crippen molar-refractivity contribution in [1.82, 2.24) is 5.32 Å². The summed E-state index contributed by atoms with van der Waals surface area (Å²) >= 11 is 0. The average Bonchev–Trinajstić information content (AvgIpc) is 2.40. The second kappa shape index (κ2) is 6.43. The van der Waals surface area contributed by atoms with Crippen molar-refractivity contribution in [3.8, 4) is 0 Å². The number of carboxylic acid groups (broad SMARTS) is 1. The Bertz CT molecular complexity index is 545. The molecular formula is C16H20N2O3. The maximum Gasteiger partial charge on any atom is 0.303 e. The van der Waals surface area contributed by atoms with Gasteiger partial charge in [0.25, 0.3) is 0 Å². The van der Waals surface area contributed by atoms with Gasteiger partial charge in [-0.15, -0.1) is 0 Å². The van der Waals surface area contributed by atoms with Crippen molar-refractivity contribution in [2.45, 2.75) is 25.7 Å². The molecule has 1 aliphatic carbocycles. The molecule has 1 amide bonds. The van der Waals surface area contributed by atoms with Crippen LogP contribution in [0.5, 0.6) is 0 Å². The number of hydrogen-bond acceptors (Lipinski definition) is 3. The van der Waals surface area contributed by atoms with E-state index in [1.54, 1.807) is 18.2 Å². The van der Waals surface area contributed by atoms with Gasteiger partial charge in [-0.3, -0.25) is 9.59 Å². The van der Waals surface area contributed by atoms with Gasteiger partial charge in [-0.2, -0.15) is 0 Å². The molecule has 112 valence electrons. The maximum absolute atomic E-state index is 11.8. The Morgan fingerprint density at radius 3 is 2.48 bits per heavy atom. The summed E-state index contributed by atoms with van der Waals surface area (Å²) in [6.07, 6.45) is 6.04. The molecule has 0 saturated heterocycles. The molecule has 1 aliphatic rings. The molecule has 4 N–H and O–H groups in total. The predicted molar refractivity (Wildman–Crippen MR) is 81.4 cm³/mol. The molecule has 1 saturated carbocycles. The molecule has 0 aromatic heterocycles. The molecule has 1 aromatic carbocycles. The Balaban J connectivity index is 1.84. The van der Waals surface area contributed by atoms with Gasteiger partial charge in [0, 0.05) is 18.3 Å². The van der Waals surface area contributed by atoms with Gasteiger partial charge in [0.1, 0.15) is 0 Å². The number of anilines is 1. The maximum atomic E-state index is 11.8. The van der Waals surface area contributed by atoms with Crippen molar-refractivity contribution in [3.05, 3.63) is 35.9 Å². The third-order valence-corrected chi connectivity index (χ3v) is 3.94. The number of carbonyl (C=O) groups excluding carboxylic acids is 1. The normalized spacial score (nSPS) is 16.4. The summed E-state index contributed by atoms with van der Waals surface area (Å²) < 4.78 is 0. The summed E-state index contributed by atoms with van der Waals surface area (Å²) in [5.41, 5.74) is 6.90. The van der Waals surface area contributed by atoms with Crippen LogP contribution in [0.25, 0.3) is 6.08 Å². The highest BCUT2D eigenvalue weighted by atomic mass is 16.4. The van der Waals surface area contributed by atoms with Crippen molar-refractivity contribution in [3.63, 3.8) is 0 Å². The lowest BCUT2D eigenvalue weighted by Gasteiger charge is -2.40. The van der Waals surface area contributed by atoms with E-state index in [1.807, 2.05) is 12.1 Å². The molecule has 5 heteroatoms. The zero-order valence-corrected chi connectivity index (χ0v) is 11.8. The number of nitrogens with two attached hydrogens (primary N) is 1. The Labute approximate surface area is 123 Å². The fourth-order valence-corrected chi connectivity index (χ4v) is 2.53. The first-order valence-corrected chi connectivity index (χ1v) is 7.02. The molecule has 1 fully saturated rings. The number of benzene rings is 1. The molecule has 0 atom stereocenters. The highest BCUT2D eigenvalue weighted by Gasteiger charge is 2.38. The van der Waals surface area contributed by atoms with Crippen LogP contribution in [0.4, 0.5) is 5.69 Å². The standard InChI is InChI=1S/C16H20N2O3/c17-13-5-2-12(3-6-13)4-7-14(19)18-11-16(8-1-9-16)10-15(20)21/h2-7H,1,8-11,17H2,(H,18,19)(H,20,21)/b7-4+. The van der Waals surface area contributed by atoms with E-state index in [2.05, 4.69) is 5.32 Å². The van der Waals surface area contributed by atoms with Gasteiger partial charge < -0.3 is 16.2 Å². The largest absolute Gasteiger partial charge is 0.481 e. The monoisotopic (exact) mass is 288 g/mol.